The molecule has 2 aromatic rings. The molecule has 2 N–H and O–H groups in total. The Labute approximate surface area is 133 Å². The molecular weight excluding hydrogens is 303 g/mol. The number of halogens is 2. The molecule has 0 saturated heterocycles. The highest BCUT2D eigenvalue weighted by Crippen LogP contribution is 2.25. The van der Waals surface area contributed by atoms with Gasteiger partial charge in [0.05, 0.1) is 10.7 Å². The molecule has 0 aliphatic heterocycles. The average Bonchev–Trinajstić information content (AvgIpc) is 2.55. The van der Waals surface area contributed by atoms with E-state index in [1.165, 1.54) is 12.1 Å². The monoisotopic (exact) mass is 318 g/mol. The fourth-order valence-corrected chi connectivity index (χ4v) is 2.15. The molecule has 0 aliphatic rings. The predicted molar refractivity (Wildman–Crippen MR) is 92.7 cm³/mol. The Morgan fingerprint density at radius 2 is 1.91 bits per heavy atom. The van der Waals surface area contributed by atoms with Crippen LogP contribution in [0.2, 0.25) is 5.02 Å². The maximum atomic E-state index is 13.2. The van der Waals surface area contributed by atoms with Gasteiger partial charge in [0.15, 0.2) is 0 Å². The third-order valence-corrected chi connectivity index (χ3v) is 3.41. The summed E-state index contributed by atoms with van der Waals surface area (Å²) >= 11 is 5.80. The second kappa shape index (κ2) is 7.04. The first-order chi connectivity index (χ1) is 10.6. The van der Waals surface area contributed by atoms with Gasteiger partial charge in [0.2, 0.25) is 0 Å². The summed E-state index contributed by atoms with van der Waals surface area (Å²) in [6.45, 7) is 3.57. The maximum absolute atomic E-state index is 13.2. The second-order valence-corrected chi connectivity index (χ2v) is 4.87. The van der Waals surface area contributed by atoms with Crippen molar-refractivity contribution < 1.29 is 4.39 Å². The number of nitrogens with one attached hydrogen (secondary N) is 2. The van der Waals surface area contributed by atoms with Crippen LogP contribution in [0.5, 0.6) is 0 Å². The van der Waals surface area contributed by atoms with Crippen molar-refractivity contribution in [2.24, 2.45) is 9.98 Å². The highest BCUT2D eigenvalue weighted by molar-refractivity contribution is 6.31. The zero-order valence-corrected chi connectivity index (χ0v) is 13.1. The third-order valence-electron chi connectivity index (χ3n) is 3.12. The Bertz CT molecular complexity index is 728. The summed E-state index contributed by atoms with van der Waals surface area (Å²) in [5, 5.41) is 6.23. The lowest BCUT2D eigenvalue weighted by Crippen LogP contribution is -2.14. The number of rotatable bonds is 4. The Morgan fingerprint density at radius 3 is 2.50 bits per heavy atom. The molecule has 0 aliphatic carbocycles. The topological polar surface area (TPSA) is 48.8 Å². The number of aliphatic imine (C=N–C) groups is 2. The Hall–Kier alpha value is -2.40. The minimum atomic E-state index is -0.465. The molecule has 0 fully saturated rings. The van der Waals surface area contributed by atoms with E-state index in [0.29, 0.717) is 17.2 Å². The van der Waals surface area contributed by atoms with E-state index in [1.54, 1.807) is 13.1 Å². The van der Waals surface area contributed by atoms with Gasteiger partial charge < -0.3 is 10.6 Å². The maximum Gasteiger partial charge on any atom is 0.141 e. The van der Waals surface area contributed by atoms with E-state index in [9.17, 15) is 4.39 Å². The van der Waals surface area contributed by atoms with Crippen molar-refractivity contribution in [3.63, 3.8) is 0 Å². The standard InChI is InChI=1S/C16H16ClFN4/c1-19-10-5-7-15(20-2)12(8-10)16(21-3)22-11-4-6-14(18)13(17)9-11/h4-9,19H,2H2,1,3H3,(H,21,22). The molecule has 0 bridgehead atoms. The van der Waals surface area contributed by atoms with E-state index < -0.39 is 5.82 Å². The van der Waals surface area contributed by atoms with Gasteiger partial charge >= 0.3 is 0 Å². The van der Waals surface area contributed by atoms with Crippen LogP contribution >= 0.6 is 11.6 Å². The van der Waals surface area contributed by atoms with Gasteiger partial charge in [-0.15, -0.1) is 0 Å². The summed E-state index contributed by atoms with van der Waals surface area (Å²) in [6.07, 6.45) is 0. The molecule has 0 saturated carbocycles. The molecule has 22 heavy (non-hydrogen) atoms. The highest BCUT2D eigenvalue weighted by Gasteiger charge is 2.11. The van der Waals surface area contributed by atoms with Gasteiger partial charge in [-0.3, -0.25) is 9.98 Å². The zero-order valence-electron chi connectivity index (χ0n) is 12.3. The molecule has 6 heteroatoms. The minimum Gasteiger partial charge on any atom is -0.388 e. The van der Waals surface area contributed by atoms with Crippen molar-refractivity contribution in [1.82, 2.24) is 0 Å². The summed E-state index contributed by atoms with van der Waals surface area (Å²) in [4.78, 5) is 8.25. The van der Waals surface area contributed by atoms with Gasteiger partial charge in [0.1, 0.15) is 11.7 Å². The van der Waals surface area contributed by atoms with Crippen LogP contribution in [0.25, 0.3) is 0 Å². The lowest BCUT2D eigenvalue weighted by atomic mass is 10.1. The number of hydrogen-bond donors (Lipinski definition) is 2. The second-order valence-electron chi connectivity index (χ2n) is 4.47. The molecule has 0 heterocycles. The van der Waals surface area contributed by atoms with Crippen molar-refractivity contribution >= 4 is 41.2 Å². The largest absolute Gasteiger partial charge is 0.388 e. The van der Waals surface area contributed by atoms with Gasteiger partial charge in [-0.1, -0.05) is 11.6 Å². The lowest BCUT2D eigenvalue weighted by molar-refractivity contribution is 0.628. The van der Waals surface area contributed by atoms with Crippen LogP contribution in [0.3, 0.4) is 0 Å². The summed E-state index contributed by atoms with van der Waals surface area (Å²) in [5.41, 5.74) is 3.03. The average molecular weight is 319 g/mol. The van der Waals surface area contributed by atoms with Crippen LogP contribution in [0.15, 0.2) is 46.4 Å². The summed E-state index contributed by atoms with van der Waals surface area (Å²) in [6, 6.07) is 10.0. The molecule has 0 radical (unpaired) electrons. The predicted octanol–water partition coefficient (Wildman–Crippen LogP) is 4.34. The van der Waals surface area contributed by atoms with E-state index in [1.807, 2.05) is 25.2 Å². The Morgan fingerprint density at radius 1 is 1.18 bits per heavy atom. The summed E-state index contributed by atoms with van der Waals surface area (Å²) in [5.74, 6) is 0.120. The van der Waals surface area contributed by atoms with Crippen molar-refractivity contribution in [1.29, 1.82) is 0 Å². The SMILES string of the molecule is C=Nc1ccc(NC)cc1C(=NC)Nc1ccc(F)c(Cl)c1. The van der Waals surface area contributed by atoms with E-state index >= 15 is 0 Å². The number of anilines is 2. The molecule has 0 unspecified atom stereocenters. The van der Waals surface area contributed by atoms with Gasteiger partial charge in [0, 0.05) is 31.0 Å². The fraction of sp³-hybridized carbons (Fsp3) is 0.125. The molecule has 4 nitrogen and oxygen atoms in total. The van der Waals surface area contributed by atoms with Crippen LogP contribution < -0.4 is 10.6 Å². The normalized spacial score (nSPS) is 11.2. The van der Waals surface area contributed by atoms with Crippen molar-refractivity contribution in [2.75, 3.05) is 24.7 Å². The van der Waals surface area contributed by atoms with Crippen molar-refractivity contribution in [3.8, 4) is 0 Å². The van der Waals surface area contributed by atoms with Gasteiger partial charge in [-0.05, 0) is 43.1 Å². The first kappa shape index (κ1) is 16.0. The quantitative estimate of drug-likeness (QED) is 0.650. The number of amidine groups is 1. The van der Waals surface area contributed by atoms with E-state index in [4.69, 9.17) is 11.6 Å². The molecule has 0 spiro atoms. The van der Waals surface area contributed by atoms with E-state index in [-0.39, 0.29) is 5.02 Å². The Balaban J connectivity index is 2.40. The molecule has 2 aromatic carbocycles. The molecule has 114 valence electrons. The van der Waals surface area contributed by atoms with Crippen molar-refractivity contribution in [3.05, 3.63) is 52.8 Å². The molecule has 2 rings (SSSR count). The van der Waals surface area contributed by atoms with Crippen molar-refractivity contribution in [2.45, 2.75) is 0 Å². The van der Waals surface area contributed by atoms with Crippen LogP contribution in [0.4, 0.5) is 21.5 Å². The van der Waals surface area contributed by atoms with E-state index in [2.05, 4.69) is 27.3 Å². The number of nitrogens with zero attached hydrogens (tertiary/aromatic N) is 2. The Kier molecular flexibility index (Phi) is 5.12. The molecular formula is C16H16ClFN4. The fourth-order valence-electron chi connectivity index (χ4n) is 1.97. The lowest BCUT2D eigenvalue weighted by Gasteiger charge is -2.13. The van der Waals surface area contributed by atoms with Gasteiger partial charge in [0.25, 0.3) is 0 Å². The zero-order chi connectivity index (χ0) is 16.1. The third kappa shape index (κ3) is 3.43. The molecule has 0 aromatic heterocycles. The van der Waals surface area contributed by atoms with Crippen LogP contribution in [-0.2, 0) is 0 Å². The number of benzene rings is 2. The van der Waals surface area contributed by atoms with Crippen LogP contribution in [0, 0.1) is 5.82 Å². The smallest absolute Gasteiger partial charge is 0.141 e. The van der Waals surface area contributed by atoms with E-state index in [0.717, 1.165) is 11.3 Å². The number of hydrogen-bond acceptors (Lipinski definition) is 3. The van der Waals surface area contributed by atoms with Crippen LogP contribution in [0.1, 0.15) is 5.56 Å². The molecule has 0 atom stereocenters. The summed E-state index contributed by atoms with van der Waals surface area (Å²) in [7, 11) is 3.49. The highest BCUT2D eigenvalue weighted by atomic mass is 35.5. The molecule has 0 amide bonds. The van der Waals surface area contributed by atoms with Gasteiger partial charge in [-0.2, -0.15) is 0 Å². The minimum absolute atomic E-state index is 0.0477. The van der Waals surface area contributed by atoms with Gasteiger partial charge in [-0.25, -0.2) is 4.39 Å². The summed E-state index contributed by atoms with van der Waals surface area (Å²) < 4.78 is 13.2. The first-order valence-electron chi connectivity index (χ1n) is 6.56. The first-order valence-corrected chi connectivity index (χ1v) is 6.94. The van der Waals surface area contributed by atoms with Crippen LogP contribution in [-0.4, -0.2) is 26.6 Å².